The molecule has 2 aromatic heterocycles. The van der Waals surface area contributed by atoms with Gasteiger partial charge in [-0.25, -0.2) is 27.9 Å². The number of nitrogens with zero attached hydrogens (tertiary/aromatic N) is 4. The van der Waals surface area contributed by atoms with Gasteiger partial charge in [-0.1, -0.05) is 71.1 Å². The van der Waals surface area contributed by atoms with Crippen LogP contribution in [0.25, 0.3) is 44.2 Å². The number of imidazole rings is 2. The van der Waals surface area contributed by atoms with E-state index in [2.05, 4.69) is 38.7 Å². The summed E-state index contributed by atoms with van der Waals surface area (Å²) < 4.78 is 50.6. The molecule has 3 aromatic carbocycles. The van der Waals surface area contributed by atoms with E-state index >= 15 is 4.39 Å². The molecule has 2 aliphatic heterocycles. The summed E-state index contributed by atoms with van der Waals surface area (Å²) in [4.78, 5) is 57.5. The standard InChI is InChI=1S/C43H53F3N8O5Si/c1-23(2)33(48-36(56)19-55)18-53-21-43(45,46)16-34(53)40-49-31-13-10-26-14-25(8-12-29(26)38(31)51-40)28-11-9-27(15-30(28)44)32-17-47-39(50-32)35-20-60(6,7)22-54(35)41(57)37(24(3)4)52-42(58)59-5/h8-15,17,23-24,33-35,37,55H,16,18-22H2,1-7H3,(H,47,50)(H,48,56)(H,49,51)(H,52,58)/t33-,34+,35+,37+/m1/s1. The van der Waals surface area contributed by atoms with E-state index in [-0.39, 0.29) is 30.3 Å². The zero-order valence-electron chi connectivity index (χ0n) is 34.9. The first-order valence-electron chi connectivity index (χ1n) is 20.3. The molecule has 320 valence electrons. The number of alkyl halides is 2. The molecule has 0 saturated carbocycles. The largest absolute Gasteiger partial charge is 0.453 e. The van der Waals surface area contributed by atoms with Crippen LogP contribution in [0, 0.1) is 17.7 Å². The summed E-state index contributed by atoms with van der Waals surface area (Å²) in [5, 5.41) is 16.3. The molecule has 0 aliphatic carbocycles. The number of ether oxygens (including phenoxy) is 1. The molecule has 5 aromatic rings. The van der Waals surface area contributed by atoms with Crippen molar-refractivity contribution in [2.24, 2.45) is 11.8 Å². The first-order valence-corrected chi connectivity index (χ1v) is 23.7. The molecular formula is C43H53F3N8O5Si. The van der Waals surface area contributed by atoms with Gasteiger partial charge in [-0.2, -0.15) is 0 Å². The Balaban J connectivity index is 1.12. The van der Waals surface area contributed by atoms with E-state index in [9.17, 15) is 28.3 Å². The minimum Gasteiger partial charge on any atom is -0.453 e. The number of carbonyl (C=O) groups is 3. The van der Waals surface area contributed by atoms with Gasteiger partial charge in [0, 0.05) is 41.7 Å². The van der Waals surface area contributed by atoms with Gasteiger partial charge >= 0.3 is 6.09 Å². The maximum Gasteiger partial charge on any atom is 0.407 e. The van der Waals surface area contributed by atoms with E-state index < -0.39 is 69.5 Å². The Morgan fingerprint density at radius 3 is 2.42 bits per heavy atom. The van der Waals surface area contributed by atoms with Crippen LogP contribution >= 0.6 is 0 Å². The molecule has 4 heterocycles. The fraction of sp³-hybridized carbons (Fsp3) is 0.465. The number of hydrogen-bond donors (Lipinski definition) is 5. The summed E-state index contributed by atoms with van der Waals surface area (Å²) in [6.45, 7) is 10.9. The van der Waals surface area contributed by atoms with E-state index in [4.69, 9.17) is 9.72 Å². The topological polar surface area (TPSA) is 169 Å². The summed E-state index contributed by atoms with van der Waals surface area (Å²) in [5.41, 5.74) is 3.51. The first-order chi connectivity index (χ1) is 28.4. The number of hydrogen-bond acceptors (Lipinski definition) is 8. The van der Waals surface area contributed by atoms with Crippen molar-refractivity contribution in [3.05, 3.63) is 72.2 Å². The molecule has 5 N–H and O–H groups in total. The smallest absolute Gasteiger partial charge is 0.407 e. The highest BCUT2D eigenvalue weighted by Crippen LogP contribution is 2.42. The monoisotopic (exact) mass is 846 g/mol. The number of rotatable bonds is 12. The summed E-state index contributed by atoms with van der Waals surface area (Å²) in [5.74, 6) is -3.39. The molecule has 3 amide bonds. The second kappa shape index (κ2) is 16.7. The Morgan fingerprint density at radius 2 is 1.73 bits per heavy atom. The number of aromatic nitrogens is 4. The highest BCUT2D eigenvalue weighted by atomic mass is 28.3. The molecular weight excluding hydrogens is 794 g/mol. The number of fused-ring (bicyclic) bond motifs is 3. The number of likely N-dealkylation sites (tertiary alicyclic amines) is 1. The molecule has 2 saturated heterocycles. The van der Waals surface area contributed by atoms with Gasteiger partial charge in [0.2, 0.25) is 11.8 Å². The van der Waals surface area contributed by atoms with Crippen LogP contribution in [0.4, 0.5) is 18.0 Å². The fourth-order valence-electron chi connectivity index (χ4n) is 8.61. The molecule has 2 fully saturated rings. The highest BCUT2D eigenvalue weighted by molar-refractivity contribution is 6.78. The predicted molar refractivity (Wildman–Crippen MR) is 225 cm³/mol. The second-order valence-electron chi connectivity index (χ2n) is 17.7. The average Bonchev–Trinajstić information content (AvgIpc) is 3.99. The Hall–Kier alpha value is -5.26. The Morgan fingerprint density at radius 1 is 0.983 bits per heavy atom. The van der Waals surface area contributed by atoms with E-state index in [1.807, 2.05) is 69.0 Å². The van der Waals surface area contributed by atoms with Crippen LogP contribution < -0.4 is 10.6 Å². The van der Waals surface area contributed by atoms with Crippen molar-refractivity contribution in [3.8, 4) is 22.4 Å². The number of H-pyrrole nitrogens is 2. The van der Waals surface area contributed by atoms with Crippen molar-refractivity contribution in [1.29, 1.82) is 0 Å². The van der Waals surface area contributed by atoms with E-state index in [0.717, 1.165) is 16.8 Å². The number of halogens is 3. The van der Waals surface area contributed by atoms with Crippen LogP contribution in [-0.4, -0.2) is 112 Å². The summed E-state index contributed by atoms with van der Waals surface area (Å²) >= 11 is 0. The van der Waals surface area contributed by atoms with Gasteiger partial charge in [0.05, 0.1) is 56.7 Å². The maximum atomic E-state index is 16.0. The molecule has 13 nitrogen and oxygen atoms in total. The van der Waals surface area contributed by atoms with Gasteiger partial charge in [0.1, 0.15) is 30.1 Å². The normalized spacial score (nSPS) is 20.0. The number of nitrogens with one attached hydrogen (secondary N) is 4. The third kappa shape index (κ3) is 8.79. The van der Waals surface area contributed by atoms with Gasteiger partial charge in [0.15, 0.2) is 0 Å². The minimum absolute atomic E-state index is 0.0629. The molecule has 2 aliphatic rings. The van der Waals surface area contributed by atoms with Crippen LogP contribution in [0.15, 0.2) is 54.7 Å². The lowest BCUT2D eigenvalue weighted by Gasteiger charge is -2.30. The third-order valence-corrected chi connectivity index (χ3v) is 14.5. The number of alkyl carbamates (subject to hydrolysis) is 1. The third-order valence-electron chi connectivity index (χ3n) is 11.8. The van der Waals surface area contributed by atoms with Crippen molar-refractivity contribution < 1.29 is 37.4 Å². The van der Waals surface area contributed by atoms with Gasteiger partial charge in [-0.15, -0.1) is 0 Å². The second-order valence-corrected chi connectivity index (χ2v) is 22.7. The van der Waals surface area contributed by atoms with Crippen molar-refractivity contribution in [3.63, 3.8) is 0 Å². The number of amides is 3. The number of aromatic amines is 2. The van der Waals surface area contributed by atoms with Gasteiger partial charge in [-0.05, 0) is 47.0 Å². The number of aliphatic hydroxyl groups is 1. The Labute approximate surface area is 347 Å². The van der Waals surface area contributed by atoms with E-state index in [0.29, 0.717) is 51.2 Å². The maximum absolute atomic E-state index is 16.0. The quantitative estimate of drug-likeness (QED) is 0.0843. The number of benzene rings is 3. The molecule has 60 heavy (non-hydrogen) atoms. The fourth-order valence-corrected chi connectivity index (χ4v) is 11.5. The molecule has 0 radical (unpaired) electrons. The zero-order valence-corrected chi connectivity index (χ0v) is 35.9. The minimum atomic E-state index is -2.96. The van der Waals surface area contributed by atoms with Crippen molar-refractivity contribution in [1.82, 2.24) is 40.4 Å². The summed E-state index contributed by atoms with van der Waals surface area (Å²) in [7, 11) is -0.576. The van der Waals surface area contributed by atoms with Crippen LogP contribution in [0.1, 0.15) is 57.8 Å². The van der Waals surface area contributed by atoms with Crippen molar-refractivity contribution in [2.45, 2.75) is 83.3 Å². The van der Waals surface area contributed by atoms with Crippen LogP contribution in [-0.2, 0) is 14.3 Å². The molecule has 17 heteroatoms. The van der Waals surface area contributed by atoms with E-state index in [1.165, 1.54) is 13.2 Å². The number of methoxy groups -OCH3 is 1. The first kappa shape index (κ1) is 42.8. The molecule has 4 atom stereocenters. The van der Waals surface area contributed by atoms with Crippen LogP contribution in [0.2, 0.25) is 19.1 Å². The molecule has 7 rings (SSSR count). The van der Waals surface area contributed by atoms with E-state index in [1.54, 1.807) is 17.2 Å². The zero-order chi connectivity index (χ0) is 43.3. The summed E-state index contributed by atoms with van der Waals surface area (Å²) in [6, 6.07) is 12.8. The number of carbonyl (C=O) groups excluding carboxylic acids is 3. The lowest BCUT2D eigenvalue weighted by molar-refractivity contribution is -0.135. The lowest BCUT2D eigenvalue weighted by atomic mass is 9.98. The highest BCUT2D eigenvalue weighted by Gasteiger charge is 2.48. The van der Waals surface area contributed by atoms with Crippen LogP contribution in [0.3, 0.4) is 0 Å². The van der Waals surface area contributed by atoms with Crippen molar-refractivity contribution in [2.75, 3.05) is 33.0 Å². The lowest BCUT2D eigenvalue weighted by Crippen LogP contribution is -2.52. The number of aliphatic hydroxyl groups excluding tert-OH is 1. The molecule has 0 bridgehead atoms. The van der Waals surface area contributed by atoms with Crippen molar-refractivity contribution >= 4 is 47.8 Å². The summed E-state index contributed by atoms with van der Waals surface area (Å²) in [6.07, 6.45) is 1.15. The Bertz CT molecular complexity index is 2420. The Kier molecular flexibility index (Phi) is 11.9. The van der Waals surface area contributed by atoms with Gasteiger partial charge < -0.3 is 35.3 Å². The average molecular weight is 847 g/mol. The predicted octanol–water partition coefficient (Wildman–Crippen LogP) is 6.94. The molecule has 0 unspecified atom stereocenters. The molecule has 0 spiro atoms. The van der Waals surface area contributed by atoms with Gasteiger partial charge in [-0.3, -0.25) is 14.5 Å². The van der Waals surface area contributed by atoms with Gasteiger partial charge in [0.25, 0.3) is 5.92 Å². The van der Waals surface area contributed by atoms with Crippen LogP contribution in [0.5, 0.6) is 0 Å². The SMILES string of the molecule is COC(=O)N[C@H](C(=O)N1C[Si](C)(C)C[C@H]1c1ncc(-c2ccc(-c3ccc4c(ccc5[nH]c([C@@H]6CC(F)(F)CN6C[C@@H](NC(=O)CO)C(C)C)nc54)c3)c(F)c2)[nH]1)C(C)C.